The van der Waals surface area contributed by atoms with Gasteiger partial charge in [0.25, 0.3) is 0 Å². The van der Waals surface area contributed by atoms with Crippen molar-refractivity contribution in [1.82, 2.24) is 10.6 Å². The summed E-state index contributed by atoms with van der Waals surface area (Å²) in [6, 6.07) is 23.9. The number of hydrogen-bond acceptors (Lipinski definition) is 5. The highest BCUT2D eigenvalue weighted by Crippen LogP contribution is 2.44. The minimum Gasteiger partial charge on any atom is -0.480 e. The summed E-state index contributed by atoms with van der Waals surface area (Å²) in [4.78, 5) is 37.7. The molecule has 0 spiro atoms. The van der Waals surface area contributed by atoms with Crippen molar-refractivity contribution in [3.63, 3.8) is 0 Å². The van der Waals surface area contributed by atoms with Crippen molar-refractivity contribution in [1.29, 1.82) is 0 Å². The lowest BCUT2D eigenvalue weighted by molar-refractivity contribution is -0.146. The van der Waals surface area contributed by atoms with Gasteiger partial charge >= 0.3 is 12.1 Å². The normalized spacial score (nSPS) is 14.3. The molecule has 0 saturated carbocycles. The number of aliphatic carboxylic acids is 1. The highest BCUT2D eigenvalue weighted by atomic mass is 16.5. The van der Waals surface area contributed by atoms with E-state index in [1.807, 2.05) is 61.5 Å². The van der Waals surface area contributed by atoms with Crippen LogP contribution in [0.1, 0.15) is 62.1 Å². The van der Waals surface area contributed by atoms with Crippen molar-refractivity contribution >= 4 is 18.0 Å². The third kappa shape index (κ3) is 7.95. The Hall–Kier alpha value is -4.17. The van der Waals surface area contributed by atoms with E-state index in [2.05, 4.69) is 34.9 Å². The molecule has 0 saturated heterocycles. The maximum absolute atomic E-state index is 12.9. The van der Waals surface area contributed by atoms with Gasteiger partial charge in [0.2, 0.25) is 5.91 Å². The Bertz CT molecular complexity index is 1280. The second-order valence-electron chi connectivity index (χ2n) is 10.4. The van der Waals surface area contributed by atoms with E-state index >= 15 is 0 Å². The van der Waals surface area contributed by atoms with Crippen molar-refractivity contribution in [2.45, 2.75) is 70.2 Å². The van der Waals surface area contributed by atoms with Gasteiger partial charge in [-0.1, -0.05) is 98.6 Å². The summed E-state index contributed by atoms with van der Waals surface area (Å²) in [6.45, 7) is 4.04. The van der Waals surface area contributed by atoms with Crippen molar-refractivity contribution in [3.05, 3.63) is 95.6 Å². The Labute approximate surface area is 241 Å². The number of rotatable bonds is 14. The summed E-state index contributed by atoms with van der Waals surface area (Å²) >= 11 is 0. The van der Waals surface area contributed by atoms with Gasteiger partial charge in [0.1, 0.15) is 6.61 Å². The van der Waals surface area contributed by atoms with Gasteiger partial charge in [-0.3, -0.25) is 4.79 Å². The highest BCUT2D eigenvalue weighted by Gasteiger charge is 2.30. The molecule has 0 aliphatic heterocycles. The molecule has 216 valence electrons. The van der Waals surface area contributed by atoms with Crippen LogP contribution in [0.25, 0.3) is 11.1 Å². The lowest BCUT2D eigenvalue weighted by Crippen LogP contribution is -2.50. The topological polar surface area (TPSA) is 114 Å². The van der Waals surface area contributed by atoms with Crippen LogP contribution >= 0.6 is 0 Å². The largest absolute Gasteiger partial charge is 0.480 e. The first-order valence-electron chi connectivity index (χ1n) is 14.2. The molecule has 8 heteroatoms. The fourth-order valence-corrected chi connectivity index (χ4v) is 5.22. The maximum atomic E-state index is 12.9. The van der Waals surface area contributed by atoms with E-state index in [1.165, 1.54) is 0 Å². The molecule has 0 heterocycles. The molecule has 8 nitrogen and oxygen atoms in total. The second-order valence-corrected chi connectivity index (χ2v) is 10.4. The fraction of sp³-hybridized carbons (Fsp3) is 0.364. The first kappa shape index (κ1) is 29.8. The van der Waals surface area contributed by atoms with Crippen LogP contribution in [0.15, 0.2) is 78.9 Å². The molecule has 0 aromatic heterocycles. The Morgan fingerprint density at radius 3 is 2.10 bits per heavy atom. The minimum atomic E-state index is -1.23. The zero-order valence-corrected chi connectivity index (χ0v) is 23.5. The number of carbonyl (C=O) groups is 3. The predicted octanol–water partition coefficient (Wildman–Crippen LogP) is 5.65. The first-order valence-corrected chi connectivity index (χ1v) is 14.2. The van der Waals surface area contributed by atoms with Gasteiger partial charge in [0.05, 0.1) is 12.7 Å². The molecule has 0 unspecified atom stereocenters. The van der Waals surface area contributed by atoms with Gasteiger partial charge in [-0.15, -0.1) is 0 Å². The highest BCUT2D eigenvalue weighted by molar-refractivity contribution is 5.84. The second kappa shape index (κ2) is 14.5. The Kier molecular flexibility index (Phi) is 10.5. The average Bonchev–Trinajstić information content (AvgIpc) is 3.30. The molecule has 41 heavy (non-hydrogen) atoms. The van der Waals surface area contributed by atoms with E-state index in [4.69, 9.17) is 9.47 Å². The molecule has 0 fully saturated rings. The Morgan fingerprint density at radius 1 is 0.878 bits per heavy atom. The number of carboxylic acid groups (broad SMARTS) is 1. The molecule has 2 amide bonds. The van der Waals surface area contributed by atoms with Gasteiger partial charge in [0.15, 0.2) is 6.04 Å². The van der Waals surface area contributed by atoms with Crippen molar-refractivity contribution in [2.75, 3.05) is 6.61 Å². The summed E-state index contributed by atoms with van der Waals surface area (Å²) in [7, 11) is 0. The number of fused-ring (bicyclic) bond motifs is 3. The van der Waals surface area contributed by atoms with Gasteiger partial charge in [-0.05, 0) is 41.2 Å². The Morgan fingerprint density at radius 2 is 1.49 bits per heavy atom. The van der Waals surface area contributed by atoms with Crippen LogP contribution in [0.4, 0.5) is 4.79 Å². The monoisotopic (exact) mass is 558 g/mol. The maximum Gasteiger partial charge on any atom is 0.407 e. The van der Waals surface area contributed by atoms with Crippen LogP contribution in [0, 0.1) is 0 Å². The molecule has 3 atom stereocenters. The molecular weight excluding hydrogens is 520 g/mol. The number of benzene rings is 3. The third-order valence-corrected chi connectivity index (χ3v) is 7.41. The van der Waals surface area contributed by atoms with Gasteiger partial charge < -0.3 is 25.2 Å². The molecule has 1 aliphatic rings. The number of unbranched alkanes of at least 4 members (excludes halogenated alkanes) is 1. The van der Waals surface area contributed by atoms with Gasteiger partial charge in [0, 0.05) is 18.4 Å². The number of carboxylic acids is 1. The minimum absolute atomic E-state index is 0.0701. The van der Waals surface area contributed by atoms with E-state index in [-0.39, 0.29) is 25.6 Å². The smallest absolute Gasteiger partial charge is 0.407 e. The number of ether oxygens (including phenoxy) is 2. The van der Waals surface area contributed by atoms with E-state index in [9.17, 15) is 19.5 Å². The average molecular weight is 559 g/mol. The summed E-state index contributed by atoms with van der Waals surface area (Å²) in [5.41, 5.74) is 5.43. The van der Waals surface area contributed by atoms with E-state index < -0.39 is 36.2 Å². The summed E-state index contributed by atoms with van der Waals surface area (Å²) in [5, 5.41) is 15.1. The van der Waals surface area contributed by atoms with Gasteiger partial charge in [-0.25, -0.2) is 9.59 Å². The molecule has 3 aromatic rings. The van der Waals surface area contributed by atoms with Crippen LogP contribution < -0.4 is 10.6 Å². The van der Waals surface area contributed by atoms with Crippen LogP contribution in [-0.4, -0.2) is 47.9 Å². The molecular formula is C33H38N2O6. The molecule has 0 bridgehead atoms. The Balaban J connectivity index is 1.32. The van der Waals surface area contributed by atoms with E-state index in [0.29, 0.717) is 6.42 Å². The quantitative estimate of drug-likeness (QED) is 0.236. The van der Waals surface area contributed by atoms with E-state index in [0.717, 1.165) is 40.7 Å². The molecule has 3 aromatic carbocycles. The number of carbonyl (C=O) groups excluding carboxylic acids is 2. The zero-order chi connectivity index (χ0) is 29.2. The summed E-state index contributed by atoms with van der Waals surface area (Å²) < 4.78 is 11.4. The SMILES string of the molecule is CCCC[C@H](CC(=O)N[C@@H](C(=O)O)[C@H](C)OCc1ccccc1)NC(=O)OCC1c2ccccc2-c2ccccc21. The number of alkyl carbamates (subject to hydrolysis) is 1. The predicted molar refractivity (Wildman–Crippen MR) is 156 cm³/mol. The fourth-order valence-electron chi connectivity index (χ4n) is 5.22. The summed E-state index contributed by atoms with van der Waals surface area (Å²) in [6.07, 6.45) is 0.800. The number of nitrogens with one attached hydrogen (secondary N) is 2. The zero-order valence-electron chi connectivity index (χ0n) is 23.5. The number of amides is 2. The van der Waals surface area contributed by atoms with Gasteiger partial charge in [-0.2, -0.15) is 0 Å². The van der Waals surface area contributed by atoms with Crippen LogP contribution in [0.2, 0.25) is 0 Å². The van der Waals surface area contributed by atoms with Crippen LogP contribution in [0.3, 0.4) is 0 Å². The summed E-state index contributed by atoms with van der Waals surface area (Å²) in [5.74, 6) is -1.74. The molecule has 1 aliphatic carbocycles. The number of hydrogen-bond donors (Lipinski definition) is 3. The standard InChI is InChI=1S/C33H38N2O6/c1-3-4-14-24(19-30(36)35-31(32(37)38)22(2)40-20-23-12-6-5-7-13-23)34-33(39)41-21-29-27-17-10-8-15-25(27)26-16-9-11-18-28(26)29/h5-13,15-18,22,24,29,31H,3-4,14,19-21H2,1-2H3,(H,34,39)(H,35,36)(H,37,38)/t22-,24+,31+/m0/s1. The van der Waals surface area contributed by atoms with Crippen molar-refractivity contribution < 1.29 is 29.0 Å². The lowest BCUT2D eigenvalue weighted by Gasteiger charge is -2.24. The lowest BCUT2D eigenvalue weighted by atomic mass is 9.98. The van der Waals surface area contributed by atoms with Crippen LogP contribution in [-0.2, 0) is 25.7 Å². The van der Waals surface area contributed by atoms with Crippen molar-refractivity contribution in [3.8, 4) is 11.1 Å². The molecule has 4 rings (SSSR count). The van der Waals surface area contributed by atoms with E-state index in [1.54, 1.807) is 6.92 Å². The third-order valence-electron chi connectivity index (χ3n) is 7.41. The van der Waals surface area contributed by atoms with Crippen molar-refractivity contribution in [2.24, 2.45) is 0 Å². The first-order chi connectivity index (χ1) is 19.9. The molecule has 3 N–H and O–H groups in total. The van der Waals surface area contributed by atoms with Crippen LogP contribution in [0.5, 0.6) is 0 Å². The molecule has 0 radical (unpaired) electrons.